The molecule has 3 heterocycles. The molecule has 0 fully saturated rings. The molecule has 5 heteroatoms. The third-order valence-corrected chi connectivity index (χ3v) is 11.1. The smallest absolute Gasteiger partial charge is 0.0998 e. The molecule has 0 saturated heterocycles. The highest BCUT2D eigenvalue weighted by atomic mass is 15.1. The number of hydrogen-bond acceptors (Lipinski definition) is 2. The Labute approximate surface area is 316 Å². The summed E-state index contributed by atoms with van der Waals surface area (Å²) in [4.78, 5) is 0. The monoisotopic (exact) mass is 699 g/mol. The van der Waals surface area contributed by atoms with Gasteiger partial charge in [0.1, 0.15) is 0 Å². The van der Waals surface area contributed by atoms with Crippen molar-refractivity contribution in [2.24, 2.45) is 0 Å². The lowest BCUT2D eigenvalue weighted by molar-refractivity contribution is 1.13. The van der Waals surface area contributed by atoms with Gasteiger partial charge in [-0.3, -0.25) is 0 Å². The molecule has 11 aromatic rings. The van der Waals surface area contributed by atoms with Crippen LogP contribution in [0.4, 0.5) is 0 Å². The molecule has 55 heavy (non-hydrogen) atoms. The Kier molecular flexibility index (Phi) is 6.61. The van der Waals surface area contributed by atoms with Crippen molar-refractivity contribution >= 4 is 65.4 Å². The molecule has 0 amide bonds. The normalized spacial score (nSPS) is 11.6. The van der Waals surface area contributed by atoms with Gasteiger partial charge >= 0.3 is 0 Å². The summed E-state index contributed by atoms with van der Waals surface area (Å²) in [6.45, 7) is 0. The van der Waals surface area contributed by atoms with E-state index >= 15 is 0 Å². The van der Waals surface area contributed by atoms with Gasteiger partial charge in [0, 0.05) is 49.1 Å². The van der Waals surface area contributed by atoms with Crippen LogP contribution >= 0.6 is 0 Å². The van der Waals surface area contributed by atoms with E-state index in [-0.39, 0.29) is 0 Å². The lowest BCUT2D eigenvalue weighted by Crippen LogP contribution is -2.03. The average Bonchev–Trinajstić information content (AvgIpc) is 3.89. The minimum Gasteiger partial charge on any atom is -0.309 e. The van der Waals surface area contributed by atoms with Gasteiger partial charge in [-0.15, -0.1) is 0 Å². The molecule has 0 aliphatic carbocycles. The number of nitrogens with zero attached hydrogens (tertiary/aromatic N) is 5. The number of fused-ring (bicyclic) bond motifs is 9. The zero-order valence-electron chi connectivity index (χ0n) is 29.5. The first-order chi connectivity index (χ1) is 27.2. The van der Waals surface area contributed by atoms with Crippen LogP contribution in [0.1, 0.15) is 11.1 Å². The van der Waals surface area contributed by atoms with Crippen LogP contribution in [-0.4, -0.2) is 13.7 Å². The summed E-state index contributed by atoms with van der Waals surface area (Å²) >= 11 is 0. The Hall–Kier alpha value is -7.86. The third-order valence-electron chi connectivity index (χ3n) is 11.1. The third kappa shape index (κ3) is 4.39. The van der Waals surface area contributed by atoms with E-state index in [0.717, 1.165) is 82.8 Å². The van der Waals surface area contributed by atoms with Crippen molar-refractivity contribution in [3.63, 3.8) is 0 Å². The number of nitriles is 2. The Bertz CT molecular complexity index is 3420. The van der Waals surface area contributed by atoms with Crippen LogP contribution in [0.5, 0.6) is 0 Å². The topological polar surface area (TPSA) is 62.4 Å². The average molecular weight is 700 g/mol. The lowest BCUT2D eigenvalue weighted by atomic mass is 9.97. The molecular weight excluding hydrogens is 671 g/mol. The second-order valence-corrected chi connectivity index (χ2v) is 14.0. The zero-order chi connectivity index (χ0) is 36.6. The molecule has 8 aromatic carbocycles. The Morgan fingerprint density at radius 1 is 0.345 bits per heavy atom. The van der Waals surface area contributed by atoms with Crippen molar-refractivity contribution in [2.45, 2.75) is 0 Å². The number of para-hydroxylation sites is 6. The van der Waals surface area contributed by atoms with Crippen LogP contribution in [0.15, 0.2) is 176 Å². The van der Waals surface area contributed by atoms with Crippen molar-refractivity contribution in [3.05, 3.63) is 187 Å². The summed E-state index contributed by atoms with van der Waals surface area (Å²) < 4.78 is 7.02. The molecule has 0 spiro atoms. The fraction of sp³-hybridized carbons (Fsp3) is 0. The number of hydrogen-bond donors (Lipinski definition) is 0. The molecule has 11 rings (SSSR count). The van der Waals surface area contributed by atoms with Gasteiger partial charge in [-0.2, -0.15) is 10.5 Å². The highest BCUT2D eigenvalue weighted by molar-refractivity contribution is 6.15. The van der Waals surface area contributed by atoms with Gasteiger partial charge in [-0.25, -0.2) is 0 Å². The molecule has 0 N–H and O–H groups in total. The molecule has 0 atom stereocenters. The van der Waals surface area contributed by atoms with E-state index < -0.39 is 0 Å². The van der Waals surface area contributed by atoms with E-state index in [1.165, 1.54) is 10.8 Å². The van der Waals surface area contributed by atoms with E-state index in [9.17, 15) is 10.5 Å². The molecule has 0 radical (unpaired) electrons. The van der Waals surface area contributed by atoms with Crippen LogP contribution in [0.2, 0.25) is 0 Å². The highest BCUT2D eigenvalue weighted by Gasteiger charge is 2.22. The van der Waals surface area contributed by atoms with Crippen LogP contribution in [-0.2, 0) is 0 Å². The van der Waals surface area contributed by atoms with Crippen molar-refractivity contribution in [2.75, 3.05) is 0 Å². The van der Waals surface area contributed by atoms with Gasteiger partial charge in [0.05, 0.1) is 67.7 Å². The molecule has 0 bridgehead atoms. The van der Waals surface area contributed by atoms with Crippen LogP contribution in [0.3, 0.4) is 0 Å². The molecular formula is C50H29N5. The SMILES string of the molecule is N#Cc1ccc2c(c1)c1ccccc1n2-c1ccc(C#N)c(-c2ccccc2-n2c3ccccc3c3cccc(-n4c5ccccc5c5ccccc54)c32)c1. The van der Waals surface area contributed by atoms with Gasteiger partial charge in [-0.05, 0) is 72.8 Å². The maximum atomic E-state index is 10.6. The van der Waals surface area contributed by atoms with Crippen molar-refractivity contribution in [1.82, 2.24) is 13.7 Å². The van der Waals surface area contributed by atoms with E-state index in [4.69, 9.17) is 0 Å². The first-order valence-electron chi connectivity index (χ1n) is 18.3. The summed E-state index contributed by atoms with van der Waals surface area (Å²) in [6, 6.07) is 65.9. The highest BCUT2D eigenvalue weighted by Crippen LogP contribution is 2.42. The molecule has 0 saturated carbocycles. The fourth-order valence-electron chi connectivity index (χ4n) is 8.82. The quantitative estimate of drug-likeness (QED) is 0.184. The standard InChI is InChI=1S/C50H29N5/c51-30-32-24-27-48-42(28-32)39-16-5-6-18-43(39)53(48)34-26-25-33(31-52)41(29-34)38-15-4-10-22-47(38)55-46-21-9-3-14-37(46)40-17-11-23-49(50(40)55)54-44-19-7-1-12-35(44)36-13-2-8-20-45(36)54/h1-29H. The van der Waals surface area contributed by atoms with Gasteiger partial charge in [0.25, 0.3) is 0 Å². The molecule has 254 valence electrons. The fourth-order valence-corrected chi connectivity index (χ4v) is 8.82. The Morgan fingerprint density at radius 2 is 0.873 bits per heavy atom. The molecule has 3 aromatic heterocycles. The van der Waals surface area contributed by atoms with E-state index in [1.54, 1.807) is 0 Å². The number of benzene rings is 8. The maximum absolute atomic E-state index is 10.6. The van der Waals surface area contributed by atoms with Crippen LogP contribution in [0, 0.1) is 22.7 Å². The molecule has 5 nitrogen and oxygen atoms in total. The van der Waals surface area contributed by atoms with Crippen molar-refractivity contribution in [1.29, 1.82) is 10.5 Å². The van der Waals surface area contributed by atoms with E-state index in [0.29, 0.717) is 11.1 Å². The minimum atomic E-state index is 0.590. The maximum Gasteiger partial charge on any atom is 0.0998 e. The number of aromatic nitrogens is 3. The largest absolute Gasteiger partial charge is 0.309 e. The second kappa shape index (κ2) is 11.8. The van der Waals surface area contributed by atoms with Crippen LogP contribution < -0.4 is 0 Å². The second-order valence-electron chi connectivity index (χ2n) is 14.0. The van der Waals surface area contributed by atoms with Crippen molar-refractivity contribution in [3.8, 4) is 40.3 Å². The first-order valence-corrected chi connectivity index (χ1v) is 18.3. The number of rotatable bonds is 4. The van der Waals surface area contributed by atoms with E-state index in [1.807, 2.05) is 42.5 Å². The molecule has 0 aliphatic heterocycles. The summed E-state index contributed by atoms with van der Waals surface area (Å²) in [5, 5.41) is 27.2. The Balaban J connectivity index is 1.22. The summed E-state index contributed by atoms with van der Waals surface area (Å²) in [5.41, 5.74) is 12.5. The van der Waals surface area contributed by atoms with Crippen LogP contribution in [0.25, 0.3) is 93.6 Å². The van der Waals surface area contributed by atoms with Gasteiger partial charge in [0.15, 0.2) is 0 Å². The van der Waals surface area contributed by atoms with E-state index in [2.05, 4.69) is 159 Å². The predicted molar refractivity (Wildman–Crippen MR) is 224 cm³/mol. The summed E-state index contributed by atoms with van der Waals surface area (Å²) in [7, 11) is 0. The lowest BCUT2D eigenvalue weighted by Gasteiger charge is -2.18. The summed E-state index contributed by atoms with van der Waals surface area (Å²) in [5.74, 6) is 0. The van der Waals surface area contributed by atoms with Gasteiger partial charge < -0.3 is 13.7 Å². The van der Waals surface area contributed by atoms with Gasteiger partial charge in [0.2, 0.25) is 0 Å². The summed E-state index contributed by atoms with van der Waals surface area (Å²) in [6.07, 6.45) is 0. The Morgan fingerprint density at radius 3 is 1.55 bits per heavy atom. The predicted octanol–water partition coefficient (Wildman–Crippen LogP) is 12.4. The molecule has 0 unspecified atom stereocenters. The molecule has 0 aliphatic rings. The minimum absolute atomic E-state index is 0.590. The van der Waals surface area contributed by atoms with Gasteiger partial charge in [-0.1, -0.05) is 103 Å². The first kappa shape index (κ1) is 30.7. The zero-order valence-corrected chi connectivity index (χ0v) is 29.5. The van der Waals surface area contributed by atoms with Crippen molar-refractivity contribution < 1.29 is 0 Å².